The van der Waals surface area contributed by atoms with Gasteiger partial charge >= 0.3 is 6.85 Å². The van der Waals surface area contributed by atoms with Gasteiger partial charge in [0.1, 0.15) is 5.58 Å². The quantitative estimate of drug-likeness (QED) is 0.172. The molecule has 2 aliphatic heterocycles. The molecule has 54 heavy (non-hydrogen) atoms. The lowest BCUT2D eigenvalue weighted by Gasteiger charge is -2.43. The third-order valence-corrected chi connectivity index (χ3v) is 12.0. The minimum absolute atomic E-state index is 0.0793. The largest absolute Gasteiger partial charge is 0.439 e. The molecule has 0 saturated carbocycles. The molecule has 0 N–H and O–H groups in total. The van der Waals surface area contributed by atoms with Crippen molar-refractivity contribution in [1.29, 1.82) is 0 Å². The first kappa shape index (κ1) is 29.8. The van der Waals surface area contributed by atoms with Gasteiger partial charge in [0.25, 0.3) is 0 Å². The van der Waals surface area contributed by atoms with Crippen LogP contribution in [0.4, 0.5) is 11.4 Å². The summed E-state index contributed by atoms with van der Waals surface area (Å²) in [6, 6.07) is 60.3. The molecule has 8 aromatic carbocycles. The molecule has 0 bridgehead atoms. The fraction of sp³-hybridized carbons (Fsp3) is 0.0400. The number of benzene rings is 8. The van der Waals surface area contributed by atoms with Crippen LogP contribution < -0.4 is 15.7 Å². The minimum atomic E-state index is -0.0793. The predicted octanol–water partition coefficient (Wildman–Crippen LogP) is 11.9. The number of hydrogen-bond acceptors (Lipinski definition) is 2. The Balaban J connectivity index is 1.25. The smallest absolute Gasteiger partial charge is 0.333 e. The highest BCUT2D eigenvalue weighted by molar-refractivity contribution is 6.94. The van der Waals surface area contributed by atoms with Crippen molar-refractivity contribution in [1.82, 2.24) is 4.57 Å². The Morgan fingerprint density at radius 2 is 1.24 bits per heavy atom. The third-order valence-electron chi connectivity index (χ3n) is 12.0. The van der Waals surface area contributed by atoms with Crippen molar-refractivity contribution >= 4 is 72.9 Å². The second kappa shape index (κ2) is 10.9. The molecule has 0 radical (unpaired) electrons. The Labute approximate surface area is 313 Å². The zero-order valence-electron chi connectivity index (χ0n) is 30.0. The molecule has 2 aromatic heterocycles. The number of fused-ring (bicyclic) bond motifs is 11. The molecule has 0 saturated heterocycles. The van der Waals surface area contributed by atoms with Crippen LogP contribution in [-0.4, -0.2) is 11.4 Å². The number of para-hydroxylation sites is 2. The van der Waals surface area contributed by atoms with Gasteiger partial charge in [-0.25, -0.2) is 0 Å². The topological polar surface area (TPSA) is 21.3 Å². The van der Waals surface area contributed by atoms with E-state index < -0.39 is 0 Å². The average Bonchev–Trinajstić information content (AvgIpc) is 3.75. The maximum absolute atomic E-state index is 6.87. The number of nitrogens with zero attached hydrogens (tertiary/aromatic N) is 2. The molecule has 10 aromatic rings. The lowest BCUT2D eigenvalue weighted by molar-refractivity contribution is 0.645. The van der Waals surface area contributed by atoms with E-state index >= 15 is 0 Å². The summed E-state index contributed by atoms with van der Waals surface area (Å²) in [5.41, 5.74) is 19.2. The van der Waals surface area contributed by atoms with E-state index in [4.69, 9.17) is 4.42 Å². The number of aromatic nitrogens is 1. The van der Waals surface area contributed by atoms with Crippen LogP contribution in [0.2, 0.25) is 0 Å². The summed E-state index contributed by atoms with van der Waals surface area (Å²) < 4.78 is 9.31. The fourth-order valence-electron chi connectivity index (χ4n) is 9.77. The Morgan fingerprint density at radius 1 is 0.537 bits per heavy atom. The highest BCUT2D eigenvalue weighted by Gasteiger charge is 2.45. The van der Waals surface area contributed by atoms with Gasteiger partial charge < -0.3 is 9.23 Å². The number of aryl methyl sites for hydroxylation is 2. The van der Waals surface area contributed by atoms with Crippen molar-refractivity contribution in [2.45, 2.75) is 13.8 Å². The Kier molecular flexibility index (Phi) is 6.00. The molecule has 0 atom stereocenters. The van der Waals surface area contributed by atoms with E-state index in [0.29, 0.717) is 0 Å². The van der Waals surface area contributed by atoms with Crippen molar-refractivity contribution in [2.24, 2.45) is 0 Å². The van der Waals surface area contributed by atoms with Crippen molar-refractivity contribution in [3.05, 3.63) is 175 Å². The lowest BCUT2D eigenvalue weighted by Crippen LogP contribution is -2.60. The number of furan rings is 1. The molecule has 0 fully saturated rings. The maximum atomic E-state index is 6.87. The van der Waals surface area contributed by atoms with Gasteiger partial charge in [-0.3, -0.25) is 4.57 Å². The van der Waals surface area contributed by atoms with Crippen LogP contribution in [-0.2, 0) is 0 Å². The van der Waals surface area contributed by atoms with E-state index in [2.05, 4.69) is 187 Å². The molecule has 252 valence electrons. The van der Waals surface area contributed by atoms with Crippen molar-refractivity contribution in [3.8, 4) is 39.1 Å². The number of anilines is 2. The van der Waals surface area contributed by atoms with E-state index in [1.54, 1.807) is 0 Å². The second-order valence-corrected chi connectivity index (χ2v) is 14.9. The summed E-state index contributed by atoms with van der Waals surface area (Å²) in [5.74, 6) is 0. The van der Waals surface area contributed by atoms with Crippen LogP contribution in [0.5, 0.6) is 0 Å². The third kappa shape index (κ3) is 3.92. The van der Waals surface area contributed by atoms with Crippen LogP contribution in [0.15, 0.2) is 168 Å². The summed E-state index contributed by atoms with van der Waals surface area (Å²) >= 11 is 0. The molecule has 0 spiro atoms. The summed E-state index contributed by atoms with van der Waals surface area (Å²) in [7, 11) is 0. The zero-order chi connectivity index (χ0) is 35.7. The molecule has 4 heteroatoms. The van der Waals surface area contributed by atoms with Crippen LogP contribution in [0.1, 0.15) is 11.1 Å². The molecule has 12 rings (SSSR count). The van der Waals surface area contributed by atoms with Gasteiger partial charge in [0.15, 0.2) is 0 Å². The van der Waals surface area contributed by atoms with Gasteiger partial charge in [-0.1, -0.05) is 133 Å². The zero-order valence-corrected chi connectivity index (χ0v) is 30.0. The molecule has 0 amide bonds. The van der Waals surface area contributed by atoms with E-state index in [-0.39, 0.29) is 6.85 Å². The van der Waals surface area contributed by atoms with E-state index in [1.807, 2.05) is 0 Å². The summed E-state index contributed by atoms with van der Waals surface area (Å²) in [6.45, 7) is 4.39. The molecule has 3 nitrogen and oxygen atoms in total. The molecule has 4 heterocycles. The van der Waals surface area contributed by atoms with Crippen LogP contribution >= 0.6 is 0 Å². The minimum Gasteiger partial charge on any atom is -0.439 e. The van der Waals surface area contributed by atoms with Crippen molar-refractivity contribution in [3.63, 3.8) is 0 Å². The first-order valence-corrected chi connectivity index (χ1v) is 18.8. The summed E-state index contributed by atoms with van der Waals surface area (Å²) in [5, 5.41) is 6.03. The standard InChI is InChI=1S/C50H33BN2O/c1-30-12-10-13-31(2)45(30)35-28-41-38-27-24-34-16-6-7-17-37(34)48(38)53(36-25-22-33(23-26-36)32-14-4-3-5-15-32)51-42-20-11-19-40-46-39-18-8-9-21-44(39)54-50(46)52(49(40)42)43(29-35)47(41)51/h3-29H,1-2H3. The number of rotatable bonds is 3. The Hall–Kier alpha value is -6.78. The molecular formula is C50H33BN2O. The van der Waals surface area contributed by atoms with Gasteiger partial charge in [-0.15, -0.1) is 0 Å². The normalized spacial score (nSPS) is 12.9. The maximum Gasteiger partial charge on any atom is 0.333 e. The summed E-state index contributed by atoms with van der Waals surface area (Å²) in [4.78, 5) is 2.63. The fourth-order valence-corrected chi connectivity index (χ4v) is 9.77. The molecular weight excluding hydrogens is 655 g/mol. The SMILES string of the molecule is Cc1cccc(C)c1-c1cc2c3c(c1)-n1c4oc5ccccc5c4c4cccc(c41)B3N(c1ccc(-c3ccccc3)cc1)c1c-2ccc2ccccc12. The van der Waals surface area contributed by atoms with E-state index in [9.17, 15) is 0 Å². The van der Waals surface area contributed by atoms with Gasteiger partial charge in [0.05, 0.1) is 10.9 Å². The van der Waals surface area contributed by atoms with Crippen molar-refractivity contribution < 1.29 is 4.42 Å². The molecule has 0 aliphatic carbocycles. The molecule has 0 unspecified atom stereocenters. The van der Waals surface area contributed by atoms with Crippen LogP contribution in [0, 0.1) is 13.8 Å². The monoisotopic (exact) mass is 688 g/mol. The van der Waals surface area contributed by atoms with Gasteiger partial charge in [0.2, 0.25) is 5.71 Å². The van der Waals surface area contributed by atoms with E-state index in [1.165, 1.54) is 99.6 Å². The highest BCUT2D eigenvalue weighted by atomic mass is 16.3. The Morgan fingerprint density at radius 3 is 2.07 bits per heavy atom. The van der Waals surface area contributed by atoms with Gasteiger partial charge in [-0.05, 0) is 99.4 Å². The van der Waals surface area contributed by atoms with Crippen LogP contribution in [0.25, 0.3) is 82.8 Å². The van der Waals surface area contributed by atoms with E-state index in [0.717, 1.165) is 16.7 Å². The van der Waals surface area contributed by atoms with Crippen molar-refractivity contribution in [2.75, 3.05) is 4.81 Å². The Bertz CT molecular complexity index is 3170. The van der Waals surface area contributed by atoms with Gasteiger partial charge in [-0.2, -0.15) is 0 Å². The predicted molar refractivity (Wildman–Crippen MR) is 227 cm³/mol. The lowest BCUT2D eigenvalue weighted by atomic mass is 9.43. The average molecular weight is 689 g/mol. The number of hydrogen-bond donors (Lipinski definition) is 0. The molecule has 2 aliphatic rings. The first-order valence-electron chi connectivity index (χ1n) is 18.8. The highest BCUT2D eigenvalue weighted by Crippen LogP contribution is 2.49. The van der Waals surface area contributed by atoms with Crippen LogP contribution in [0.3, 0.4) is 0 Å². The second-order valence-electron chi connectivity index (χ2n) is 14.9. The first-order chi connectivity index (χ1) is 26.6. The van der Waals surface area contributed by atoms with Gasteiger partial charge in [0, 0.05) is 38.8 Å². The summed E-state index contributed by atoms with van der Waals surface area (Å²) in [6.07, 6.45) is 0.